The first kappa shape index (κ1) is 15.5. The number of halogens is 1. The first-order valence-electron chi connectivity index (χ1n) is 5.95. The van der Waals surface area contributed by atoms with Gasteiger partial charge in [0.1, 0.15) is 13.8 Å². The Labute approximate surface area is 120 Å². The number of aromatic nitrogens is 1. The number of nitrogens with zero attached hydrogens (tertiary/aromatic N) is 1. The van der Waals surface area contributed by atoms with Crippen LogP contribution in [0.3, 0.4) is 0 Å². The third-order valence-corrected chi connectivity index (χ3v) is 3.13. The van der Waals surface area contributed by atoms with E-state index in [-0.39, 0.29) is 12.5 Å². The molecule has 0 aliphatic heterocycles. The van der Waals surface area contributed by atoms with Crippen molar-refractivity contribution in [3.8, 4) is 11.5 Å². The molecule has 100 valence electrons. The predicted octanol–water partition coefficient (Wildman–Crippen LogP) is 2.81. The first-order chi connectivity index (χ1) is 8.88. The fraction of sp³-hybridized carbons (Fsp3) is 0.286. The second kappa shape index (κ2) is 7.12. The predicted molar refractivity (Wildman–Crippen MR) is 81.6 cm³/mol. The Morgan fingerprint density at radius 1 is 1.47 bits per heavy atom. The number of rotatable bonds is 3. The number of nitrogens with one attached hydrogen (secondary N) is 1. The van der Waals surface area contributed by atoms with Crippen LogP contribution >= 0.6 is 11.6 Å². The fourth-order valence-corrected chi connectivity index (χ4v) is 1.76. The summed E-state index contributed by atoms with van der Waals surface area (Å²) >= 11 is 5.98. The molecule has 0 aromatic carbocycles. The zero-order valence-corrected chi connectivity index (χ0v) is 13.1. The highest BCUT2D eigenvalue weighted by molar-refractivity contribution is 6.83. The van der Waals surface area contributed by atoms with Gasteiger partial charge in [-0.3, -0.25) is 9.78 Å². The van der Waals surface area contributed by atoms with Gasteiger partial charge in [-0.1, -0.05) is 43.2 Å². The van der Waals surface area contributed by atoms with Gasteiger partial charge in [0.05, 0.1) is 6.54 Å². The van der Waals surface area contributed by atoms with E-state index in [2.05, 4.69) is 41.4 Å². The first-order valence-corrected chi connectivity index (χ1v) is 9.83. The van der Waals surface area contributed by atoms with Gasteiger partial charge in [0.15, 0.2) is 0 Å². The van der Waals surface area contributed by atoms with Crippen LogP contribution < -0.4 is 5.32 Å². The smallest absolute Gasteiger partial charge is 0.270 e. The molecule has 19 heavy (non-hydrogen) atoms. The molecule has 0 unspecified atom stereocenters. The molecule has 3 nitrogen and oxygen atoms in total. The molecule has 5 heteroatoms. The SMILES string of the molecule is C[Si](C)(C)C#C/C=C(\Cl)CNC(=O)c1ccccn1. The molecule has 0 aliphatic rings. The van der Waals surface area contributed by atoms with Gasteiger partial charge in [-0.2, -0.15) is 0 Å². The van der Waals surface area contributed by atoms with Crippen molar-refractivity contribution in [3.05, 3.63) is 41.2 Å². The molecule has 0 radical (unpaired) electrons. The third-order valence-electron chi connectivity index (χ3n) is 1.99. The lowest BCUT2D eigenvalue weighted by molar-refractivity contribution is 0.0952. The van der Waals surface area contributed by atoms with Crippen LogP contribution in [0.1, 0.15) is 10.5 Å². The minimum atomic E-state index is -1.38. The topological polar surface area (TPSA) is 42.0 Å². The van der Waals surface area contributed by atoms with E-state index in [0.29, 0.717) is 10.7 Å². The molecule has 1 aromatic heterocycles. The second-order valence-electron chi connectivity index (χ2n) is 5.01. The summed E-state index contributed by atoms with van der Waals surface area (Å²) < 4.78 is 0. The van der Waals surface area contributed by atoms with Crippen LogP contribution in [0, 0.1) is 11.5 Å². The Balaban J connectivity index is 2.50. The molecule has 1 heterocycles. The molecule has 1 rings (SSSR count). The third kappa shape index (κ3) is 6.80. The molecule has 0 saturated heterocycles. The van der Waals surface area contributed by atoms with Crippen LogP contribution in [-0.4, -0.2) is 25.5 Å². The van der Waals surface area contributed by atoms with Crippen LogP contribution in [-0.2, 0) is 0 Å². The Kier molecular flexibility index (Phi) is 5.81. The van der Waals surface area contributed by atoms with Gasteiger partial charge in [-0.05, 0) is 12.1 Å². The molecule has 0 saturated carbocycles. The molecule has 1 aromatic rings. The molecule has 0 atom stereocenters. The Morgan fingerprint density at radius 3 is 2.79 bits per heavy atom. The highest BCUT2D eigenvalue weighted by atomic mass is 35.5. The van der Waals surface area contributed by atoms with E-state index in [1.165, 1.54) is 0 Å². The monoisotopic (exact) mass is 292 g/mol. The summed E-state index contributed by atoms with van der Waals surface area (Å²) in [5.74, 6) is 2.69. The second-order valence-corrected chi connectivity index (χ2v) is 10.2. The van der Waals surface area contributed by atoms with E-state index in [1.54, 1.807) is 30.5 Å². The van der Waals surface area contributed by atoms with Crippen molar-refractivity contribution in [3.63, 3.8) is 0 Å². The van der Waals surface area contributed by atoms with Crippen molar-refractivity contribution in [1.29, 1.82) is 0 Å². The van der Waals surface area contributed by atoms with E-state index in [0.717, 1.165) is 0 Å². The normalized spacial score (nSPS) is 11.5. The average molecular weight is 293 g/mol. The maximum Gasteiger partial charge on any atom is 0.270 e. The number of hydrogen-bond acceptors (Lipinski definition) is 2. The van der Waals surface area contributed by atoms with E-state index < -0.39 is 8.07 Å². The molecule has 0 fully saturated rings. The average Bonchev–Trinajstić information content (AvgIpc) is 2.35. The highest BCUT2D eigenvalue weighted by Gasteiger charge is 2.07. The highest BCUT2D eigenvalue weighted by Crippen LogP contribution is 2.01. The van der Waals surface area contributed by atoms with Crippen LogP contribution in [0.25, 0.3) is 0 Å². The molecule has 0 spiro atoms. The van der Waals surface area contributed by atoms with E-state index in [4.69, 9.17) is 11.6 Å². The van der Waals surface area contributed by atoms with Gasteiger partial charge in [-0.15, -0.1) is 5.54 Å². The molecular formula is C14H17ClN2OSi. The Morgan fingerprint density at radius 2 is 2.21 bits per heavy atom. The van der Waals surface area contributed by atoms with Crippen LogP contribution in [0.2, 0.25) is 19.6 Å². The zero-order chi connectivity index (χ0) is 14.3. The van der Waals surface area contributed by atoms with E-state index in [1.807, 2.05) is 0 Å². The van der Waals surface area contributed by atoms with E-state index in [9.17, 15) is 4.79 Å². The van der Waals surface area contributed by atoms with Crippen LogP contribution in [0.5, 0.6) is 0 Å². The van der Waals surface area contributed by atoms with Gasteiger partial charge < -0.3 is 5.32 Å². The molecule has 0 aliphatic carbocycles. The molecule has 1 N–H and O–H groups in total. The fourth-order valence-electron chi connectivity index (χ4n) is 1.13. The standard InChI is InChI=1S/C14H17ClN2OSi/c1-19(2,3)10-6-7-12(15)11-17-14(18)13-8-4-5-9-16-13/h4-5,7-9H,11H2,1-3H3,(H,17,18)/b12-7-. The van der Waals surface area contributed by atoms with Gasteiger partial charge in [-0.25, -0.2) is 0 Å². The molecule has 0 bridgehead atoms. The van der Waals surface area contributed by atoms with Crippen LogP contribution in [0.15, 0.2) is 35.5 Å². The minimum absolute atomic E-state index is 0.245. The number of allylic oxidation sites excluding steroid dienone is 1. The maximum atomic E-state index is 11.7. The van der Waals surface area contributed by atoms with Gasteiger partial charge >= 0.3 is 0 Å². The largest absolute Gasteiger partial charge is 0.346 e. The summed E-state index contributed by atoms with van der Waals surface area (Å²) in [5, 5.41) is 3.20. The number of pyridine rings is 1. The summed E-state index contributed by atoms with van der Waals surface area (Å²) in [4.78, 5) is 15.6. The summed E-state index contributed by atoms with van der Waals surface area (Å²) in [6, 6.07) is 5.17. The Bertz CT molecular complexity index is 524. The van der Waals surface area contributed by atoms with E-state index >= 15 is 0 Å². The van der Waals surface area contributed by atoms with Gasteiger partial charge in [0, 0.05) is 17.3 Å². The Hall–Kier alpha value is -1.57. The summed E-state index contributed by atoms with van der Waals surface area (Å²) in [6.45, 7) is 6.73. The zero-order valence-electron chi connectivity index (χ0n) is 11.3. The van der Waals surface area contributed by atoms with Crippen molar-refractivity contribution >= 4 is 25.6 Å². The lowest BCUT2D eigenvalue weighted by Crippen LogP contribution is -2.25. The van der Waals surface area contributed by atoms with Crippen molar-refractivity contribution in [2.75, 3.05) is 6.54 Å². The van der Waals surface area contributed by atoms with Crippen LogP contribution in [0.4, 0.5) is 0 Å². The molecular weight excluding hydrogens is 276 g/mol. The lowest BCUT2D eigenvalue weighted by atomic mass is 10.3. The number of carbonyl (C=O) groups excluding carboxylic acids is 1. The van der Waals surface area contributed by atoms with Crippen molar-refractivity contribution in [2.45, 2.75) is 19.6 Å². The molecule has 1 amide bonds. The van der Waals surface area contributed by atoms with Gasteiger partial charge in [0.2, 0.25) is 0 Å². The summed E-state index contributed by atoms with van der Waals surface area (Å²) in [5.41, 5.74) is 3.55. The van der Waals surface area contributed by atoms with Gasteiger partial charge in [0.25, 0.3) is 5.91 Å². The minimum Gasteiger partial charge on any atom is -0.346 e. The summed E-state index contributed by atoms with van der Waals surface area (Å²) in [6.07, 6.45) is 3.21. The quantitative estimate of drug-likeness (QED) is 0.687. The van der Waals surface area contributed by atoms with Crippen molar-refractivity contribution < 1.29 is 4.79 Å². The maximum absolute atomic E-state index is 11.7. The lowest BCUT2D eigenvalue weighted by Gasteiger charge is -2.03. The van der Waals surface area contributed by atoms with Crippen molar-refractivity contribution in [1.82, 2.24) is 10.3 Å². The van der Waals surface area contributed by atoms with Crippen molar-refractivity contribution in [2.24, 2.45) is 0 Å². The number of hydrogen-bond donors (Lipinski definition) is 1. The summed E-state index contributed by atoms with van der Waals surface area (Å²) in [7, 11) is -1.38. The number of carbonyl (C=O) groups is 1. The number of amides is 1.